The zero-order valence-electron chi connectivity index (χ0n) is 18.0. The highest BCUT2D eigenvalue weighted by Crippen LogP contribution is 2.38. The largest absolute Gasteiger partial charge is 0.438 e. The Bertz CT molecular complexity index is 1070. The molecule has 2 heterocycles. The van der Waals surface area contributed by atoms with Crippen LogP contribution in [0.3, 0.4) is 0 Å². The molecule has 6 nitrogen and oxygen atoms in total. The number of aromatic nitrogens is 1. The maximum absolute atomic E-state index is 12.8. The second-order valence-electron chi connectivity index (χ2n) is 8.18. The molecule has 0 spiro atoms. The van der Waals surface area contributed by atoms with Crippen molar-refractivity contribution in [3.05, 3.63) is 94.4 Å². The molecule has 1 atom stereocenters. The van der Waals surface area contributed by atoms with Crippen LogP contribution in [0.4, 0.5) is 4.79 Å². The fourth-order valence-electron chi connectivity index (χ4n) is 4.24. The average molecular weight is 433 g/mol. The first-order valence-corrected chi connectivity index (χ1v) is 11.0. The number of ether oxygens (including phenoxy) is 1. The van der Waals surface area contributed by atoms with Crippen LogP contribution in [-0.2, 0) is 16.8 Å². The molecule has 1 fully saturated rings. The normalized spacial score (nSPS) is 18.4. The summed E-state index contributed by atoms with van der Waals surface area (Å²) < 4.78 is 6.00. The molecule has 0 aliphatic carbocycles. The molecule has 2 aromatic carbocycles. The number of pyridine rings is 1. The number of nitrogens with one attached hydrogen (secondary N) is 1. The van der Waals surface area contributed by atoms with Crippen molar-refractivity contribution >= 4 is 6.09 Å². The molecule has 1 amide bonds. The number of H-pyrrole nitrogens is 1. The minimum atomic E-state index is -0.671. The van der Waals surface area contributed by atoms with E-state index in [0.29, 0.717) is 32.4 Å². The molecule has 0 radical (unpaired) electrons. The summed E-state index contributed by atoms with van der Waals surface area (Å²) in [6.07, 6.45) is 4.03. The summed E-state index contributed by atoms with van der Waals surface area (Å²) in [5.41, 5.74) is 3.31. The number of benzene rings is 2. The quantitative estimate of drug-likeness (QED) is 0.562. The minimum Gasteiger partial charge on any atom is -0.438 e. The van der Waals surface area contributed by atoms with Gasteiger partial charge in [0.25, 0.3) is 0 Å². The maximum Gasteiger partial charge on any atom is 0.410 e. The fraction of sp³-hybridized carbons (Fsp3) is 0.308. The third-order valence-corrected chi connectivity index (χ3v) is 6.11. The van der Waals surface area contributed by atoms with Gasteiger partial charge in [-0.3, -0.25) is 4.79 Å². The summed E-state index contributed by atoms with van der Waals surface area (Å²) in [7, 11) is 0. The monoisotopic (exact) mass is 432 g/mol. The zero-order chi connectivity index (χ0) is 22.4. The summed E-state index contributed by atoms with van der Waals surface area (Å²) in [6.45, 7) is 1.28. The van der Waals surface area contributed by atoms with E-state index in [-0.39, 0.29) is 18.3 Å². The van der Waals surface area contributed by atoms with Gasteiger partial charge in [-0.1, -0.05) is 54.6 Å². The van der Waals surface area contributed by atoms with Crippen molar-refractivity contribution in [2.45, 2.75) is 31.3 Å². The van der Waals surface area contributed by atoms with E-state index >= 15 is 0 Å². The molecular weight excluding hydrogens is 404 g/mol. The predicted molar refractivity (Wildman–Crippen MR) is 123 cm³/mol. The van der Waals surface area contributed by atoms with Crippen molar-refractivity contribution in [2.75, 3.05) is 19.7 Å². The topological polar surface area (TPSA) is 82.6 Å². The number of aromatic amines is 1. The first kappa shape index (κ1) is 21.8. The van der Waals surface area contributed by atoms with E-state index in [1.54, 1.807) is 17.2 Å². The lowest BCUT2D eigenvalue weighted by Crippen LogP contribution is -2.48. The van der Waals surface area contributed by atoms with Crippen LogP contribution in [0.5, 0.6) is 0 Å². The zero-order valence-corrected chi connectivity index (χ0v) is 18.0. The third kappa shape index (κ3) is 4.92. The van der Waals surface area contributed by atoms with Crippen molar-refractivity contribution in [2.24, 2.45) is 0 Å². The van der Waals surface area contributed by atoms with Gasteiger partial charge in [0.15, 0.2) is 0 Å². The molecule has 0 saturated carbocycles. The lowest BCUT2D eigenvalue weighted by Gasteiger charge is -2.41. The highest BCUT2D eigenvalue weighted by Gasteiger charge is 2.41. The van der Waals surface area contributed by atoms with Crippen LogP contribution >= 0.6 is 0 Å². The van der Waals surface area contributed by atoms with Crippen molar-refractivity contribution in [1.82, 2.24) is 9.88 Å². The summed E-state index contributed by atoms with van der Waals surface area (Å²) in [6, 6.07) is 21.3. The van der Waals surface area contributed by atoms with Crippen molar-refractivity contribution in [3.63, 3.8) is 0 Å². The summed E-state index contributed by atoms with van der Waals surface area (Å²) in [4.78, 5) is 28.5. The molecule has 3 aromatic rings. The molecule has 1 aliphatic rings. The smallest absolute Gasteiger partial charge is 0.410 e. The van der Waals surface area contributed by atoms with E-state index in [4.69, 9.17) is 4.74 Å². The van der Waals surface area contributed by atoms with Gasteiger partial charge in [0.1, 0.15) is 5.60 Å². The molecule has 32 heavy (non-hydrogen) atoms. The Morgan fingerprint density at radius 1 is 0.969 bits per heavy atom. The summed E-state index contributed by atoms with van der Waals surface area (Å²) in [5, 5.41) is 9.32. The van der Waals surface area contributed by atoms with E-state index in [1.807, 2.05) is 54.6 Å². The van der Waals surface area contributed by atoms with Crippen molar-refractivity contribution in [1.29, 1.82) is 0 Å². The highest BCUT2D eigenvalue weighted by molar-refractivity contribution is 5.69. The van der Waals surface area contributed by atoms with E-state index in [9.17, 15) is 14.7 Å². The number of hydrogen-bond donors (Lipinski definition) is 2. The molecule has 4 rings (SSSR count). The van der Waals surface area contributed by atoms with Crippen molar-refractivity contribution < 1.29 is 14.6 Å². The Morgan fingerprint density at radius 3 is 2.38 bits per heavy atom. The van der Waals surface area contributed by atoms with Crippen LogP contribution in [-0.4, -0.2) is 40.8 Å². The number of nitrogens with zero attached hydrogens (tertiary/aromatic N) is 1. The van der Waals surface area contributed by atoms with E-state index in [1.165, 1.54) is 6.07 Å². The van der Waals surface area contributed by atoms with Gasteiger partial charge in [-0.25, -0.2) is 4.79 Å². The standard InChI is InChI=1S/C26H28N2O4/c29-18-4-14-26(23-5-2-1-3-6-23)15-17-28(25(31)32-26)16-13-20-7-9-21(10-8-20)22-11-12-24(30)27-19-22/h1-3,5-12,19,29H,4,13-18H2,(H,27,30)/t26-/m1/s1. The first-order valence-electron chi connectivity index (χ1n) is 11.0. The van der Waals surface area contributed by atoms with Crippen LogP contribution in [0.1, 0.15) is 30.4 Å². The molecule has 0 unspecified atom stereocenters. The Hall–Kier alpha value is -3.38. The number of cyclic esters (lactones) is 1. The Morgan fingerprint density at radius 2 is 1.72 bits per heavy atom. The molecular formula is C26H28N2O4. The molecule has 2 N–H and O–H groups in total. The van der Waals surface area contributed by atoms with Gasteiger partial charge in [-0.15, -0.1) is 0 Å². The van der Waals surface area contributed by atoms with Gasteiger partial charge in [-0.05, 0) is 47.6 Å². The van der Waals surface area contributed by atoms with E-state index < -0.39 is 5.60 Å². The van der Waals surface area contributed by atoms with E-state index in [2.05, 4.69) is 4.98 Å². The molecule has 1 aliphatic heterocycles. The summed E-state index contributed by atoms with van der Waals surface area (Å²) in [5.74, 6) is 0. The van der Waals surface area contributed by atoms with Gasteiger partial charge in [-0.2, -0.15) is 0 Å². The van der Waals surface area contributed by atoms with Crippen LogP contribution in [0.15, 0.2) is 77.7 Å². The lowest BCUT2D eigenvalue weighted by atomic mass is 9.84. The van der Waals surface area contributed by atoms with E-state index in [0.717, 1.165) is 28.7 Å². The van der Waals surface area contributed by atoms with Gasteiger partial charge < -0.3 is 19.7 Å². The lowest BCUT2D eigenvalue weighted by molar-refractivity contribution is -0.0605. The number of aliphatic hydroxyl groups is 1. The second-order valence-corrected chi connectivity index (χ2v) is 8.18. The Kier molecular flexibility index (Phi) is 6.71. The Labute approximate surface area is 187 Å². The molecule has 0 bridgehead atoms. The number of carbonyl (C=O) groups excluding carboxylic acids is 1. The van der Waals surface area contributed by atoms with Crippen molar-refractivity contribution in [3.8, 4) is 11.1 Å². The predicted octanol–water partition coefficient (Wildman–Crippen LogP) is 4.09. The fourth-order valence-corrected chi connectivity index (χ4v) is 4.24. The first-order chi connectivity index (χ1) is 15.6. The molecule has 6 heteroatoms. The SMILES string of the molecule is O=C1O[C@@](CCCO)(c2ccccc2)CCN1CCc1ccc(-c2ccc(=O)[nH]c2)cc1. The molecule has 1 saturated heterocycles. The second kappa shape index (κ2) is 9.83. The minimum absolute atomic E-state index is 0.0743. The average Bonchev–Trinajstić information content (AvgIpc) is 2.84. The number of aliphatic hydroxyl groups excluding tert-OH is 1. The van der Waals surface area contributed by atoms with Gasteiger partial charge >= 0.3 is 6.09 Å². The van der Waals surface area contributed by atoms with Crippen LogP contribution in [0, 0.1) is 0 Å². The summed E-state index contributed by atoms with van der Waals surface area (Å²) >= 11 is 0. The van der Waals surface area contributed by atoms with Crippen LogP contribution < -0.4 is 5.56 Å². The van der Waals surface area contributed by atoms with Gasteiger partial charge in [0.2, 0.25) is 5.56 Å². The molecule has 1 aromatic heterocycles. The molecule has 166 valence electrons. The number of hydrogen-bond acceptors (Lipinski definition) is 4. The number of amides is 1. The highest BCUT2D eigenvalue weighted by atomic mass is 16.6. The third-order valence-electron chi connectivity index (χ3n) is 6.11. The van der Waals surface area contributed by atoms with Gasteiger partial charge in [0.05, 0.1) is 0 Å². The van der Waals surface area contributed by atoms with Crippen LogP contribution in [0.25, 0.3) is 11.1 Å². The Balaban J connectivity index is 1.38. The van der Waals surface area contributed by atoms with Gasteiger partial charge in [0, 0.05) is 38.4 Å². The number of carbonyl (C=O) groups is 1. The van der Waals surface area contributed by atoms with Crippen LogP contribution in [0.2, 0.25) is 0 Å². The maximum atomic E-state index is 12.8. The number of rotatable bonds is 8.